The Morgan fingerprint density at radius 2 is 2.18 bits per heavy atom. The summed E-state index contributed by atoms with van der Waals surface area (Å²) in [6.45, 7) is 4.40. The molecule has 3 N–H and O–H groups in total. The Balaban J connectivity index is 0.00000242. The van der Waals surface area contributed by atoms with Crippen LogP contribution in [-0.4, -0.2) is 18.5 Å². The van der Waals surface area contributed by atoms with Crippen molar-refractivity contribution in [2.75, 3.05) is 6.54 Å². The number of hydrogen-bond acceptors (Lipinski definition) is 3. The number of nitrogens with two attached hydrogens (primary N) is 1. The summed E-state index contributed by atoms with van der Waals surface area (Å²) in [4.78, 5) is 13.0. The minimum atomic E-state index is -0.280. The molecule has 1 aromatic carbocycles. The molecule has 122 valence electrons. The van der Waals surface area contributed by atoms with Gasteiger partial charge in [0.25, 0.3) is 5.91 Å². The summed E-state index contributed by atoms with van der Waals surface area (Å²) in [5.74, 6) is -0.390. The van der Waals surface area contributed by atoms with Gasteiger partial charge < -0.3 is 11.1 Å². The fraction of sp³-hybridized carbons (Fsp3) is 0.438. The highest BCUT2D eigenvalue weighted by Crippen LogP contribution is 2.31. The van der Waals surface area contributed by atoms with Crippen LogP contribution in [0.1, 0.15) is 41.4 Å². The average Bonchev–Trinajstić information content (AvgIpc) is 2.80. The van der Waals surface area contributed by atoms with Gasteiger partial charge in [0.05, 0.1) is 4.88 Å². The lowest BCUT2D eigenvalue weighted by Crippen LogP contribution is -2.40. The zero-order valence-electron chi connectivity index (χ0n) is 12.8. The highest BCUT2D eigenvalue weighted by molar-refractivity contribution is 7.21. The Labute approximate surface area is 140 Å². The number of thiophene rings is 1. The minimum absolute atomic E-state index is 0. The molecule has 0 aliphatic heterocycles. The molecule has 0 saturated heterocycles. The van der Waals surface area contributed by atoms with E-state index in [0.717, 1.165) is 34.9 Å². The number of hydrogen-bond donors (Lipinski definition) is 2. The van der Waals surface area contributed by atoms with Gasteiger partial charge in [0.15, 0.2) is 0 Å². The zero-order valence-corrected chi connectivity index (χ0v) is 14.5. The first-order valence-electron chi connectivity index (χ1n) is 7.26. The van der Waals surface area contributed by atoms with E-state index in [4.69, 9.17) is 5.73 Å². The number of benzene rings is 1. The monoisotopic (exact) mass is 344 g/mol. The zero-order chi connectivity index (χ0) is 15.4. The number of carbonyl (C=O) groups excluding carboxylic acids is 1. The van der Waals surface area contributed by atoms with E-state index in [1.165, 1.54) is 23.5 Å². The van der Waals surface area contributed by atoms with Gasteiger partial charge in [0, 0.05) is 17.3 Å². The van der Waals surface area contributed by atoms with Gasteiger partial charge >= 0.3 is 0 Å². The highest BCUT2D eigenvalue weighted by atomic mass is 35.5. The third-order valence-electron chi connectivity index (χ3n) is 3.63. The van der Waals surface area contributed by atoms with Gasteiger partial charge in [0.1, 0.15) is 5.82 Å². The van der Waals surface area contributed by atoms with Crippen molar-refractivity contribution in [3.8, 4) is 0 Å². The van der Waals surface area contributed by atoms with E-state index < -0.39 is 0 Å². The van der Waals surface area contributed by atoms with E-state index in [0.29, 0.717) is 11.4 Å². The summed E-state index contributed by atoms with van der Waals surface area (Å²) in [6, 6.07) is 4.62. The Kier molecular flexibility index (Phi) is 7.26. The number of rotatable bonds is 6. The van der Waals surface area contributed by atoms with Crippen LogP contribution in [-0.2, 0) is 0 Å². The van der Waals surface area contributed by atoms with Gasteiger partial charge in [-0.05, 0) is 42.5 Å². The second-order valence-electron chi connectivity index (χ2n) is 5.24. The Bertz CT molecular complexity index is 644. The van der Waals surface area contributed by atoms with Crippen LogP contribution in [0.15, 0.2) is 18.2 Å². The van der Waals surface area contributed by atoms with Crippen molar-refractivity contribution in [3.05, 3.63) is 34.5 Å². The molecule has 0 aliphatic rings. The summed E-state index contributed by atoms with van der Waals surface area (Å²) in [6.07, 6.45) is 3.00. The quantitative estimate of drug-likeness (QED) is 0.831. The molecular formula is C16H22ClFN2OS. The summed E-state index contributed by atoms with van der Waals surface area (Å²) >= 11 is 1.40. The molecule has 2 aromatic rings. The predicted molar refractivity (Wildman–Crippen MR) is 93.6 cm³/mol. The van der Waals surface area contributed by atoms with Crippen molar-refractivity contribution in [1.82, 2.24) is 5.32 Å². The summed E-state index contributed by atoms with van der Waals surface area (Å²) < 4.78 is 14.2. The third kappa shape index (κ3) is 4.18. The second kappa shape index (κ2) is 8.46. The molecule has 3 nitrogen and oxygen atoms in total. The van der Waals surface area contributed by atoms with Gasteiger partial charge in [-0.15, -0.1) is 23.7 Å². The van der Waals surface area contributed by atoms with Crippen LogP contribution in [0.2, 0.25) is 0 Å². The number of carbonyl (C=O) groups is 1. The first-order chi connectivity index (χ1) is 10.1. The number of nitrogens with one attached hydrogen (secondary N) is 1. The molecule has 0 bridgehead atoms. The van der Waals surface area contributed by atoms with Crippen LogP contribution in [0, 0.1) is 12.7 Å². The van der Waals surface area contributed by atoms with E-state index in [9.17, 15) is 9.18 Å². The van der Waals surface area contributed by atoms with Crippen molar-refractivity contribution >= 4 is 39.7 Å². The van der Waals surface area contributed by atoms with Crippen LogP contribution >= 0.6 is 23.7 Å². The van der Waals surface area contributed by atoms with Crippen LogP contribution in [0.25, 0.3) is 10.1 Å². The normalized spacial score (nSPS) is 12.0. The SMILES string of the molecule is CCCCC(CN)NC(=O)c1sc2ccc(F)cc2c1C.Cl. The molecule has 0 fully saturated rings. The largest absolute Gasteiger partial charge is 0.347 e. The number of aryl methyl sites for hydroxylation is 1. The average molecular weight is 345 g/mol. The smallest absolute Gasteiger partial charge is 0.261 e. The van der Waals surface area contributed by atoms with Crippen LogP contribution in [0.5, 0.6) is 0 Å². The second-order valence-corrected chi connectivity index (χ2v) is 6.30. The summed E-state index contributed by atoms with van der Waals surface area (Å²) in [5, 5.41) is 3.80. The maximum atomic E-state index is 13.3. The van der Waals surface area contributed by atoms with E-state index >= 15 is 0 Å². The standard InChI is InChI=1S/C16H21FN2OS.ClH/c1-3-4-5-12(9-18)19-16(20)15-10(2)13-8-11(17)6-7-14(13)21-15;/h6-8,12H,3-5,9,18H2,1-2H3,(H,19,20);1H. The fourth-order valence-corrected chi connectivity index (χ4v) is 3.45. The van der Waals surface area contributed by atoms with E-state index in [1.807, 2.05) is 6.92 Å². The lowest BCUT2D eigenvalue weighted by atomic mass is 10.1. The van der Waals surface area contributed by atoms with Crippen molar-refractivity contribution in [2.24, 2.45) is 5.73 Å². The van der Waals surface area contributed by atoms with Gasteiger partial charge in [-0.25, -0.2) is 4.39 Å². The minimum Gasteiger partial charge on any atom is -0.347 e. The van der Waals surface area contributed by atoms with E-state index in [1.54, 1.807) is 6.07 Å². The van der Waals surface area contributed by atoms with Crippen LogP contribution in [0.4, 0.5) is 4.39 Å². The number of amides is 1. The fourth-order valence-electron chi connectivity index (χ4n) is 2.36. The first kappa shape index (κ1) is 18.9. The van der Waals surface area contributed by atoms with Gasteiger partial charge in [0.2, 0.25) is 0 Å². The molecule has 1 heterocycles. The van der Waals surface area contributed by atoms with Gasteiger partial charge in [-0.2, -0.15) is 0 Å². The Hall–Kier alpha value is -1.17. The first-order valence-corrected chi connectivity index (χ1v) is 8.08. The Morgan fingerprint density at radius 3 is 2.82 bits per heavy atom. The van der Waals surface area contributed by atoms with Crippen LogP contribution < -0.4 is 11.1 Å². The van der Waals surface area contributed by atoms with Gasteiger partial charge in [-0.1, -0.05) is 19.8 Å². The molecule has 0 radical (unpaired) electrons. The molecule has 1 amide bonds. The van der Waals surface area contributed by atoms with E-state index in [2.05, 4.69) is 12.2 Å². The number of unbranched alkanes of at least 4 members (excludes halogenated alkanes) is 1. The summed E-state index contributed by atoms with van der Waals surface area (Å²) in [7, 11) is 0. The van der Waals surface area contributed by atoms with Crippen LogP contribution in [0.3, 0.4) is 0 Å². The lowest BCUT2D eigenvalue weighted by molar-refractivity contribution is 0.0939. The lowest BCUT2D eigenvalue weighted by Gasteiger charge is -2.16. The van der Waals surface area contributed by atoms with Crippen molar-refractivity contribution in [1.29, 1.82) is 0 Å². The molecule has 0 saturated carbocycles. The number of fused-ring (bicyclic) bond motifs is 1. The number of halogens is 2. The predicted octanol–water partition coefficient (Wildman–Crippen LogP) is 4.02. The molecule has 6 heteroatoms. The third-order valence-corrected chi connectivity index (χ3v) is 4.90. The molecule has 0 spiro atoms. The highest BCUT2D eigenvalue weighted by Gasteiger charge is 2.18. The maximum Gasteiger partial charge on any atom is 0.261 e. The van der Waals surface area contributed by atoms with Crippen molar-refractivity contribution in [3.63, 3.8) is 0 Å². The van der Waals surface area contributed by atoms with Gasteiger partial charge in [-0.3, -0.25) is 4.79 Å². The molecule has 1 atom stereocenters. The summed E-state index contributed by atoms with van der Waals surface area (Å²) in [5.41, 5.74) is 6.54. The van der Waals surface area contributed by atoms with E-state index in [-0.39, 0.29) is 30.2 Å². The molecule has 1 unspecified atom stereocenters. The van der Waals surface area contributed by atoms with Crippen molar-refractivity contribution < 1.29 is 9.18 Å². The molecule has 0 aliphatic carbocycles. The van der Waals surface area contributed by atoms with Crippen molar-refractivity contribution in [2.45, 2.75) is 39.2 Å². The topological polar surface area (TPSA) is 55.1 Å². The Morgan fingerprint density at radius 1 is 1.45 bits per heavy atom. The molecule has 1 aromatic heterocycles. The molecule has 22 heavy (non-hydrogen) atoms. The maximum absolute atomic E-state index is 13.3. The molecule has 2 rings (SSSR count). The molecular weight excluding hydrogens is 323 g/mol.